The highest BCUT2D eigenvalue weighted by Gasteiger charge is 2.16. The van der Waals surface area contributed by atoms with Crippen molar-refractivity contribution >= 4 is 17.7 Å². The van der Waals surface area contributed by atoms with Crippen LogP contribution < -0.4 is 17.0 Å². The van der Waals surface area contributed by atoms with Gasteiger partial charge in [-0.3, -0.25) is 5.84 Å². The van der Waals surface area contributed by atoms with Crippen molar-refractivity contribution in [1.29, 1.82) is 0 Å². The maximum Gasteiger partial charge on any atom is 0.356 e. The van der Waals surface area contributed by atoms with E-state index in [-0.39, 0.29) is 10.7 Å². The van der Waals surface area contributed by atoms with E-state index in [2.05, 4.69) is 29.7 Å². The molecule has 0 spiro atoms. The van der Waals surface area contributed by atoms with Crippen molar-refractivity contribution in [2.24, 2.45) is 11.6 Å². The Kier molecular flexibility index (Phi) is 6.42. The second-order valence-corrected chi connectivity index (χ2v) is 7.89. The van der Waals surface area contributed by atoms with Crippen LogP contribution in [0.2, 0.25) is 0 Å². The quantitative estimate of drug-likeness (QED) is 0.258. The van der Waals surface area contributed by atoms with E-state index >= 15 is 0 Å². The van der Waals surface area contributed by atoms with Gasteiger partial charge < -0.3 is 16.3 Å². The molecule has 27 heavy (non-hydrogen) atoms. The van der Waals surface area contributed by atoms with Gasteiger partial charge in [0.05, 0.1) is 0 Å². The summed E-state index contributed by atoms with van der Waals surface area (Å²) >= 11 is 1.17. The molecule has 142 valence electrons. The number of nitrogens with one attached hydrogen (secondary N) is 1. The predicted molar refractivity (Wildman–Crippen MR) is 110 cm³/mol. The van der Waals surface area contributed by atoms with E-state index in [0.717, 1.165) is 10.5 Å². The van der Waals surface area contributed by atoms with Crippen molar-refractivity contribution in [1.82, 2.24) is 5.43 Å². The molecule has 1 aliphatic rings. The number of rotatable bonds is 6. The molecule has 2 aromatic rings. The first-order valence-corrected chi connectivity index (χ1v) is 9.98. The molecule has 1 aliphatic carbocycles. The molecule has 0 atom stereocenters. The maximum atomic E-state index is 11.1. The third kappa shape index (κ3) is 4.84. The van der Waals surface area contributed by atoms with Crippen LogP contribution in [0.4, 0.5) is 0 Å². The highest BCUT2D eigenvalue weighted by atomic mass is 32.2. The molecule has 1 saturated carbocycles. The van der Waals surface area contributed by atoms with E-state index in [0.29, 0.717) is 5.92 Å². The van der Waals surface area contributed by atoms with Gasteiger partial charge >= 0.3 is 5.97 Å². The number of hydrogen-bond acceptors (Lipinski definition) is 5. The van der Waals surface area contributed by atoms with Crippen molar-refractivity contribution < 1.29 is 9.90 Å². The number of benzene rings is 2. The minimum atomic E-state index is -1.18. The number of hydrazine groups is 1. The Morgan fingerprint density at radius 1 is 1.04 bits per heavy atom. The van der Waals surface area contributed by atoms with E-state index in [9.17, 15) is 4.79 Å². The van der Waals surface area contributed by atoms with Gasteiger partial charge in [0, 0.05) is 4.90 Å². The van der Waals surface area contributed by atoms with Crippen molar-refractivity contribution in [3.05, 3.63) is 64.8 Å². The van der Waals surface area contributed by atoms with Crippen molar-refractivity contribution in [2.75, 3.05) is 0 Å². The van der Waals surface area contributed by atoms with Crippen molar-refractivity contribution in [3.63, 3.8) is 0 Å². The first-order valence-electron chi connectivity index (χ1n) is 9.16. The molecular weight excluding hydrogens is 358 g/mol. The molecule has 0 aromatic heterocycles. The summed E-state index contributed by atoms with van der Waals surface area (Å²) in [7, 11) is 0. The Morgan fingerprint density at radius 2 is 1.74 bits per heavy atom. The van der Waals surface area contributed by atoms with Gasteiger partial charge in [0.1, 0.15) is 5.03 Å². The average molecular weight is 384 g/mol. The van der Waals surface area contributed by atoms with Crippen molar-refractivity contribution in [2.45, 2.75) is 42.9 Å². The van der Waals surface area contributed by atoms with E-state index < -0.39 is 5.97 Å². The molecule has 1 fully saturated rings. The van der Waals surface area contributed by atoms with E-state index in [4.69, 9.17) is 16.7 Å². The first-order chi connectivity index (χ1) is 13.1. The number of thioether (sulfide) groups is 1. The summed E-state index contributed by atoms with van der Waals surface area (Å²) in [6, 6.07) is 16.7. The highest BCUT2D eigenvalue weighted by molar-refractivity contribution is 8.03. The Labute approximate surface area is 163 Å². The normalized spacial score (nSPS) is 15.9. The molecule has 0 amide bonds. The minimum absolute atomic E-state index is 0.122. The summed E-state index contributed by atoms with van der Waals surface area (Å²) < 4.78 is 0. The molecule has 6 N–H and O–H groups in total. The smallest absolute Gasteiger partial charge is 0.356 e. The Hall–Kier alpha value is -2.44. The lowest BCUT2D eigenvalue weighted by Gasteiger charge is -2.22. The second-order valence-electron chi connectivity index (χ2n) is 6.78. The molecule has 3 rings (SSSR count). The van der Waals surface area contributed by atoms with E-state index in [1.807, 2.05) is 24.3 Å². The lowest BCUT2D eigenvalue weighted by molar-refractivity contribution is -0.133. The third-order valence-electron chi connectivity index (χ3n) is 4.98. The Morgan fingerprint density at radius 3 is 2.37 bits per heavy atom. The molecule has 0 bridgehead atoms. The molecule has 0 unspecified atom stereocenters. The summed E-state index contributed by atoms with van der Waals surface area (Å²) in [5.74, 6) is 4.72. The van der Waals surface area contributed by atoms with E-state index in [1.165, 1.54) is 55.0 Å². The van der Waals surface area contributed by atoms with Crippen molar-refractivity contribution in [3.8, 4) is 11.1 Å². The highest BCUT2D eigenvalue weighted by Crippen LogP contribution is 2.35. The van der Waals surface area contributed by atoms with Crippen LogP contribution in [0.25, 0.3) is 11.1 Å². The van der Waals surface area contributed by atoms with Gasteiger partial charge in [-0.2, -0.15) is 0 Å². The zero-order chi connectivity index (χ0) is 19.2. The molecule has 5 nitrogen and oxygen atoms in total. The van der Waals surface area contributed by atoms with Gasteiger partial charge in [0.25, 0.3) is 0 Å². The number of carboxylic acid groups (broad SMARTS) is 1. The lowest BCUT2D eigenvalue weighted by atomic mass is 9.83. The topological polar surface area (TPSA) is 101 Å². The number of aliphatic carboxylic acids is 1. The van der Waals surface area contributed by atoms with Crippen LogP contribution in [0.3, 0.4) is 0 Å². The zero-order valence-corrected chi connectivity index (χ0v) is 16.0. The summed E-state index contributed by atoms with van der Waals surface area (Å²) in [6.45, 7) is 0. The van der Waals surface area contributed by atoms with Crippen LogP contribution in [0.15, 0.2) is 64.2 Å². The minimum Gasteiger partial charge on any atom is -0.476 e. The van der Waals surface area contributed by atoms with Crippen LogP contribution in [0.5, 0.6) is 0 Å². The largest absolute Gasteiger partial charge is 0.476 e. The molecule has 6 heteroatoms. The molecule has 0 radical (unpaired) electrons. The standard InChI is InChI=1S/C21H25N3O2S/c22-20(19(24-23)21(25)26)27-18-11-9-15(10-12-18)17-8-4-7-16(13-17)14-5-2-1-3-6-14/h4,7-14,24H,1-3,5-6,22-23H2,(H,25,26)/b20-19+. The predicted octanol–water partition coefficient (Wildman–Crippen LogP) is 4.17. The first kappa shape index (κ1) is 19.3. The number of nitrogens with two attached hydrogens (primary N) is 2. The third-order valence-corrected chi connectivity index (χ3v) is 5.92. The van der Waals surface area contributed by atoms with Gasteiger partial charge in [0.2, 0.25) is 0 Å². The van der Waals surface area contributed by atoms with Crippen LogP contribution >= 0.6 is 11.8 Å². The monoisotopic (exact) mass is 383 g/mol. The van der Waals surface area contributed by atoms with Gasteiger partial charge in [-0.1, -0.05) is 67.4 Å². The molecule has 0 heterocycles. The lowest BCUT2D eigenvalue weighted by Crippen LogP contribution is -2.29. The van der Waals surface area contributed by atoms with Gasteiger partial charge in [-0.15, -0.1) is 0 Å². The maximum absolute atomic E-state index is 11.1. The fourth-order valence-electron chi connectivity index (χ4n) is 3.54. The van der Waals surface area contributed by atoms with Gasteiger partial charge in [-0.05, 0) is 47.6 Å². The summed E-state index contributed by atoms with van der Waals surface area (Å²) in [5, 5.41) is 9.18. The summed E-state index contributed by atoms with van der Waals surface area (Å²) in [4.78, 5) is 11.9. The molecular formula is C21H25N3O2S. The zero-order valence-electron chi connectivity index (χ0n) is 15.2. The van der Waals surface area contributed by atoms with Crippen LogP contribution in [0.1, 0.15) is 43.6 Å². The van der Waals surface area contributed by atoms with E-state index in [1.54, 1.807) is 0 Å². The van der Waals surface area contributed by atoms with Crippen LogP contribution in [-0.4, -0.2) is 11.1 Å². The van der Waals surface area contributed by atoms with Gasteiger partial charge in [-0.25, -0.2) is 4.79 Å². The SMILES string of the molecule is NN/C(C(=O)O)=C(\N)Sc1ccc(-c2cccc(C3CCCCC3)c2)cc1. The van der Waals surface area contributed by atoms with Crippen LogP contribution in [0, 0.1) is 0 Å². The fraction of sp³-hybridized carbons (Fsp3) is 0.286. The summed E-state index contributed by atoms with van der Waals surface area (Å²) in [5.41, 5.74) is 11.5. The molecule has 0 aliphatic heterocycles. The summed E-state index contributed by atoms with van der Waals surface area (Å²) in [6.07, 6.45) is 6.57. The number of carbonyl (C=O) groups is 1. The molecule has 2 aromatic carbocycles. The number of carboxylic acids is 1. The van der Waals surface area contributed by atoms with Gasteiger partial charge in [0.15, 0.2) is 5.70 Å². The molecule has 0 saturated heterocycles. The fourth-order valence-corrected chi connectivity index (χ4v) is 4.31. The second kappa shape index (κ2) is 8.97. The Balaban J connectivity index is 1.76. The Bertz CT molecular complexity index is 828. The number of hydrogen-bond donors (Lipinski definition) is 4. The van der Waals surface area contributed by atoms with Crippen LogP contribution in [-0.2, 0) is 4.79 Å². The average Bonchev–Trinajstić information content (AvgIpc) is 2.69.